The van der Waals surface area contributed by atoms with Gasteiger partial charge in [0.1, 0.15) is 0 Å². The van der Waals surface area contributed by atoms with Crippen LogP contribution in [-0.2, 0) is 10.8 Å². The molecule has 1 aromatic rings. The molecule has 88 valence electrons. The summed E-state index contributed by atoms with van der Waals surface area (Å²) in [4.78, 5) is 10.1. The lowest BCUT2D eigenvalue weighted by molar-refractivity contribution is -0.384. The van der Waals surface area contributed by atoms with E-state index in [0.717, 1.165) is 11.3 Å². The summed E-state index contributed by atoms with van der Waals surface area (Å²) in [6.07, 6.45) is 1.63. The van der Waals surface area contributed by atoms with Crippen LogP contribution in [0.3, 0.4) is 0 Å². The Morgan fingerprint density at radius 3 is 2.75 bits per heavy atom. The summed E-state index contributed by atoms with van der Waals surface area (Å²) in [6.45, 7) is 2.42. The molecule has 0 spiro atoms. The second kappa shape index (κ2) is 5.60. The Hall–Kier alpha value is -1.43. The van der Waals surface area contributed by atoms with Crippen LogP contribution < -0.4 is 5.32 Å². The molecule has 1 atom stereocenters. The summed E-state index contributed by atoms with van der Waals surface area (Å²) in [6, 6.07) is 4.66. The van der Waals surface area contributed by atoms with Gasteiger partial charge < -0.3 is 5.32 Å². The third-order valence-electron chi connectivity index (χ3n) is 2.14. The number of nitro groups is 1. The van der Waals surface area contributed by atoms with E-state index in [1.807, 2.05) is 6.92 Å². The van der Waals surface area contributed by atoms with Crippen LogP contribution in [0.5, 0.6) is 0 Å². The number of hydrogen-bond acceptors (Lipinski definition) is 4. The van der Waals surface area contributed by atoms with Gasteiger partial charge in [-0.2, -0.15) is 0 Å². The molecule has 6 heteroatoms. The summed E-state index contributed by atoms with van der Waals surface area (Å²) in [5.41, 5.74) is 1.72. The lowest BCUT2D eigenvalue weighted by Crippen LogP contribution is -2.10. The van der Waals surface area contributed by atoms with Gasteiger partial charge in [0, 0.05) is 47.2 Å². The molecular formula is C10H14N2O3S. The van der Waals surface area contributed by atoms with Crippen molar-refractivity contribution in [3.05, 3.63) is 33.9 Å². The zero-order valence-corrected chi connectivity index (χ0v) is 10.0. The van der Waals surface area contributed by atoms with E-state index in [2.05, 4.69) is 5.32 Å². The molecule has 1 unspecified atom stereocenters. The number of nitro benzene ring substituents is 1. The van der Waals surface area contributed by atoms with E-state index in [9.17, 15) is 14.3 Å². The molecule has 0 aliphatic carbocycles. The third-order valence-corrected chi connectivity index (χ3v) is 2.92. The van der Waals surface area contributed by atoms with Crippen LogP contribution in [0.1, 0.15) is 5.56 Å². The van der Waals surface area contributed by atoms with Crippen LogP contribution in [0.25, 0.3) is 0 Å². The minimum absolute atomic E-state index is 0.0609. The number of nitrogens with one attached hydrogen (secondary N) is 1. The van der Waals surface area contributed by atoms with Gasteiger partial charge >= 0.3 is 0 Å². The van der Waals surface area contributed by atoms with Gasteiger partial charge in [-0.25, -0.2) is 0 Å². The molecule has 0 saturated heterocycles. The molecular weight excluding hydrogens is 228 g/mol. The van der Waals surface area contributed by atoms with Gasteiger partial charge in [-0.15, -0.1) is 0 Å². The Balaban J connectivity index is 2.74. The van der Waals surface area contributed by atoms with Gasteiger partial charge in [-0.05, 0) is 12.5 Å². The highest BCUT2D eigenvalue weighted by Crippen LogP contribution is 2.21. The first-order chi connectivity index (χ1) is 7.50. The fourth-order valence-electron chi connectivity index (χ4n) is 1.24. The standard InChI is InChI=1S/C10H14N2O3S/c1-8-3-4-9(12(13)14)7-10(8)11-5-6-16(2)15/h3-4,7,11H,5-6H2,1-2H3. The quantitative estimate of drug-likeness (QED) is 0.630. The maximum atomic E-state index is 10.9. The van der Waals surface area contributed by atoms with Crippen molar-refractivity contribution in [2.24, 2.45) is 0 Å². The van der Waals surface area contributed by atoms with E-state index in [-0.39, 0.29) is 5.69 Å². The SMILES string of the molecule is Cc1ccc([N+](=O)[O-])cc1NCCS(C)=O. The molecule has 16 heavy (non-hydrogen) atoms. The second-order valence-electron chi connectivity index (χ2n) is 3.46. The molecule has 0 amide bonds. The van der Waals surface area contributed by atoms with Crippen LogP contribution in [-0.4, -0.2) is 27.7 Å². The minimum atomic E-state index is -0.856. The number of aryl methyl sites for hydroxylation is 1. The smallest absolute Gasteiger partial charge is 0.271 e. The van der Waals surface area contributed by atoms with E-state index in [4.69, 9.17) is 0 Å². The average Bonchev–Trinajstić information content (AvgIpc) is 2.20. The van der Waals surface area contributed by atoms with Crippen molar-refractivity contribution < 1.29 is 9.13 Å². The lowest BCUT2D eigenvalue weighted by Gasteiger charge is -2.08. The molecule has 0 bridgehead atoms. The van der Waals surface area contributed by atoms with Gasteiger partial charge in [0.25, 0.3) is 5.69 Å². The number of benzene rings is 1. The predicted octanol–water partition coefficient (Wildman–Crippen LogP) is 1.69. The molecule has 0 saturated carbocycles. The Morgan fingerprint density at radius 1 is 1.50 bits per heavy atom. The average molecular weight is 242 g/mol. The topological polar surface area (TPSA) is 72.2 Å². The van der Waals surface area contributed by atoms with Crippen molar-refractivity contribution >= 4 is 22.2 Å². The van der Waals surface area contributed by atoms with Crippen molar-refractivity contribution in [1.82, 2.24) is 0 Å². The fourth-order valence-corrected chi connectivity index (χ4v) is 1.63. The zero-order chi connectivity index (χ0) is 12.1. The lowest BCUT2D eigenvalue weighted by atomic mass is 10.2. The van der Waals surface area contributed by atoms with Gasteiger partial charge in [0.05, 0.1) is 4.92 Å². The summed E-state index contributed by atoms with van der Waals surface area (Å²) in [7, 11) is -0.856. The van der Waals surface area contributed by atoms with Crippen LogP contribution in [0.15, 0.2) is 18.2 Å². The molecule has 0 radical (unpaired) electrons. The highest BCUT2D eigenvalue weighted by atomic mass is 32.2. The maximum absolute atomic E-state index is 10.9. The fraction of sp³-hybridized carbons (Fsp3) is 0.400. The molecule has 1 rings (SSSR count). The van der Waals surface area contributed by atoms with E-state index in [0.29, 0.717) is 12.3 Å². The third kappa shape index (κ3) is 3.62. The summed E-state index contributed by atoms with van der Waals surface area (Å²) in [5.74, 6) is 0.530. The minimum Gasteiger partial charge on any atom is -0.384 e. The zero-order valence-electron chi connectivity index (χ0n) is 9.23. The van der Waals surface area contributed by atoms with Crippen LogP contribution in [0.2, 0.25) is 0 Å². The monoisotopic (exact) mass is 242 g/mol. The van der Waals surface area contributed by atoms with Crippen molar-refractivity contribution in [2.75, 3.05) is 23.9 Å². The van der Waals surface area contributed by atoms with E-state index >= 15 is 0 Å². The Morgan fingerprint density at radius 2 is 2.19 bits per heavy atom. The number of non-ortho nitro benzene ring substituents is 1. The number of rotatable bonds is 5. The van der Waals surface area contributed by atoms with Gasteiger partial charge in [0.2, 0.25) is 0 Å². The van der Waals surface area contributed by atoms with Crippen molar-refractivity contribution in [3.63, 3.8) is 0 Å². The number of nitrogens with zero attached hydrogens (tertiary/aromatic N) is 1. The molecule has 0 aliphatic rings. The second-order valence-corrected chi connectivity index (χ2v) is 5.02. The largest absolute Gasteiger partial charge is 0.384 e. The first kappa shape index (κ1) is 12.6. The molecule has 0 aliphatic heterocycles. The summed E-state index contributed by atoms with van der Waals surface area (Å²) in [5, 5.41) is 13.6. The molecule has 0 heterocycles. The van der Waals surface area contributed by atoms with Gasteiger partial charge in [-0.3, -0.25) is 14.3 Å². The van der Waals surface area contributed by atoms with Crippen LogP contribution >= 0.6 is 0 Å². The van der Waals surface area contributed by atoms with Crippen LogP contribution in [0, 0.1) is 17.0 Å². The van der Waals surface area contributed by atoms with Crippen LogP contribution in [0.4, 0.5) is 11.4 Å². The first-order valence-corrected chi connectivity index (χ1v) is 6.52. The first-order valence-electron chi connectivity index (χ1n) is 4.79. The van der Waals surface area contributed by atoms with Gasteiger partial charge in [-0.1, -0.05) is 6.07 Å². The Labute approximate surface area is 96.5 Å². The number of hydrogen-bond donors (Lipinski definition) is 1. The van der Waals surface area contributed by atoms with E-state index in [1.54, 1.807) is 12.3 Å². The summed E-state index contributed by atoms with van der Waals surface area (Å²) >= 11 is 0. The molecule has 0 fully saturated rings. The molecule has 5 nitrogen and oxygen atoms in total. The normalized spacial score (nSPS) is 12.1. The molecule has 0 aromatic heterocycles. The van der Waals surface area contributed by atoms with E-state index < -0.39 is 15.7 Å². The van der Waals surface area contributed by atoms with Crippen molar-refractivity contribution in [1.29, 1.82) is 0 Å². The molecule has 1 aromatic carbocycles. The van der Waals surface area contributed by atoms with Crippen molar-refractivity contribution in [3.8, 4) is 0 Å². The molecule has 1 N–H and O–H groups in total. The number of anilines is 1. The van der Waals surface area contributed by atoms with Gasteiger partial charge in [0.15, 0.2) is 0 Å². The Kier molecular flexibility index (Phi) is 4.42. The highest BCUT2D eigenvalue weighted by Gasteiger charge is 2.07. The van der Waals surface area contributed by atoms with Crippen molar-refractivity contribution in [2.45, 2.75) is 6.92 Å². The maximum Gasteiger partial charge on any atom is 0.271 e. The predicted molar refractivity (Wildman–Crippen MR) is 65.3 cm³/mol. The summed E-state index contributed by atoms with van der Waals surface area (Å²) < 4.78 is 10.9. The van der Waals surface area contributed by atoms with E-state index in [1.165, 1.54) is 12.1 Å². The highest BCUT2D eigenvalue weighted by molar-refractivity contribution is 7.84. The Bertz CT molecular complexity index is 421.